The Labute approximate surface area is 165 Å². The van der Waals surface area contributed by atoms with E-state index in [2.05, 4.69) is 20.6 Å². The van der Waals surface area contributed by atoms with Gasteiger partial charge in [-0.3, -0.25) is 0 Å². The summed E-state index contributed by atoms with van der Waals surface area (Å²) in [5.41, 5.74) is 0.910. The zero-order chi connectivity index (χ0) is 19.4. The van der Waals surface area contributed by atoms with Gasteiger partial charge in [-0.2, -0.15) is 5.21 Å². The molecule has 10 heteroatoms. The number of aryl methyl sites for hydroxylation is 2. The quantitative estimate of drug-likeness (QED) is 0.619. The molecule has 1 aromatic heterocycles. The molecular formula is C17H16ClFN4O2S2. The number of H-pyrrole nitrogens is 1. The summed E-state index contributed by atoms with van der Waals surface area (Å²) < 4.78 is 37.7. The fourth-order valence-corrected chi connectivity index (χ4v) is 4.68. The maximum absolute atomic E-state index is 13.8. The lowest BCUT2D eigenvalue weighted by molar-refractivity contribution is 0.597. The minimum absolute atomic E-state index is 0.0000538. The number of benzene rings is 2. The van der Waals surface area contributed by atoms with Gasteiger partial charge in [0.15, 0.2) is 15.7 Å². The van der Waals surface area contributed by atoms with Crippen molar-refractivity contribution in [1.82, 2.24) is 20.6 Å². The highest BCUT2D eigenvalue weighted by molar-refractivity contribution is 7.99. The summed E-state index contributed by atoms with van der Waals surface area (Å²) in [6, 6.07) is 9.13. The number of nitrogens with zero attached hydrogens (tertiary/aromatic N) is 3. The van der Waals surface area contributed by atoms with E-state index in [1.54, 1.807) is 19.1 Å². The van der Waals surface area contributed by atoms with Gasteiger partial charge in [0.25, 0.3) is 0 Å². The van der Waals surface area contributed by atoms with Crippen LogP contribution in [0.25, 0.3) is 0 Å². The fourth-order valence-electron chi connectivity index (χ4n) is 2.41. The Kier molecular flexibility index (Phi) is 6.13. The number of halogens is 2. The lowest BCUT2D eigenvalue weighted by Crippen LogP contribution is -2.03. The molecule has 27 heavy (non-hydrogen) atoms. The first-order chi connectivity index (χ1) is 12.9. The molecule has 1 N–H and O–H groups in total. The number of hydrogen-bond donors (Lipinski definition) is 1. The number of sulfone groups is 1. The molecule has 0 aliphatic heterocycles. The predicted octanol–water partition coefficient (Wildman–Crippen LogP) is 3.72. The van der Waals surface area contributed by atoms with Gasteiger partial charge in [-0.15, -0.1) is 10.2 Å². The third-order valence-electron chi connectivity index (χ3n) is 3.90. The summed E-state index contributed by atoms with van der Waals surface area (Å²) in [7, 11) is -3.34. The molecule has 6 nitrogen and oxygen atoms in total. The summed E-state index contributed by atoms with van der Waals surface area (Å²) >= 11 is 7.57. The molecule has 3 rings (SSSR count). The number of hydrogen-bond acceptors (Lipinski definition) is 6. The van der Waals surface area contributed by atoms with Crippen LogP contribution in [0.4, 0.5) is 4.39 Å². The maximum atomic E-state index is 13.8. The van der Waals surface area contributed by atoms with Crippen LogP contribution in [-0.2, 0) is 22.7 Å². The molecule has 0 bridgehead atoms. The molecule has 1 heterocycles. The first kappa shape index (κ1) is 19.8. The number of tetrazole rings is 1. The van der Waals surface area contributed by atoms with Crippen molar-refractivity contribution in [2.45, 2.75) is 34.5 Å². The molecule has 0 saturated heterocycles. The van der Waals surface area contributed by atoms with Crippen molar-refractivity contribution in [3.63, 3.8) is 0 Å². The first-order valence-corrected chi connectivity index (χ1v) is 10.9. The molecule has 0 amide bonds. The van der Waals surface area contributed by atoms with Crippen molar-refractivity contribution < 1.29 is 12.8 Å². The summed E-state index contributed by atoms with van der Waals surface area (Å²) in [6.45, 7) is 1.58. The van der Waals surface area contributed by atoms with Gasteiger partial charge in [0.1, 0.15) is 5.82 Å². The molecule has 3 aromatic rings. The van der Waals surface area contributed by atoms with Crippen LogP contribution in [0.2, 0.25) is 5.02 Å². The standard InChI is InChI=1S/C17H16ClFN4O2S2/c1-2-27(24,25)13-6-7-15(14(18)10-13)26-16-9-12(19)5-3-11(16)4-8-17-20-22-23-21-17/h3,5-7,9-10H,2,4,8H2,1H3,(H,20,21,22,23). The van der Waals surface area contributed by atoms with Crippen LogP contribution < -0.4 is 0 Å². The largest absolute Gasteiger partial charge is 0.224 e. The summed E-state index contributed by atoms with van der Waals surface area (Å²) in [6.07, 6.45) is 1.15. The molecular weight excluding hydrogens is 411 g/mol. The minimum Gasteiger partial charge on any atom is -0.224 e. The van der Waals surface area contributed by atoms with Gasteiger partial charge in [-0.25, -0.2) is 12.8 Å². The van der Waals surface area contributed by atoms with E-state index in [1.807, 2.05) is 0 Å². The second kappa shape index (κ2) is 8.37. The van der Waals surface area contributed by atoms with Crippen LogP contribution in [0.1, 0.15) is 18.3 Å². The zero-order valence-corrected chi connectivity index (χ0v) is 16.7. The van der Waals surface area contributed by atoms with Crippen LogP contribution in [-0.4, -0.2) is 34.8 Å². The highest BCUT2D eigenvalue weighted by Gasteiger charge is 2.15. The Balaban J connectivity index is 1.85. The molecule has 0 fully saturated rings. The van der Waals surface area contributed by atoms with Crippen LogP contribution in [0.5, 0.6) is 0 Å². The Morgan fingerprint density at radius 3 is 2.63 bits per heavy atom. The fraction of sp³-hybridized carbons (Fsp3) is 0.235. The van der Waals surface area contributed by atoms with Crippen LogP contribution in [0, 0.1) is 5.82 Å². The van der Waals surface area contributed by atoms with Crippen molar-refractivity contribution in [1.29, 1.82) is 0 Å². The van der Waals surface area contributed by atoms with Gasteiger partial charge in [0.05, 0.1) is 15.7 Å². The van der Waals surface area contributed by atoms with E-state index in [0.29, 0.717) is 33.5 Å². The highest BCUT2D eigenvalue weighted by Crippen LogP contribution is 2.37. The number of aromatic amines is 1. The average Bonchev–Trinajstić information content (AvgIpc) is 3.16. The van der Waals surface area contributed by atoms with Crippen molar-refractivity contribution in [2.24, 2.45) is 0 Å². The molecule has 0 unspecified atom stereocenters. The van der Waals surface area contributed by atoms with Gasteiger partial charge in [0, 0.05) is 16.2 Å². The number of aromatic nitrogens is 4. The Bertz CT molecular complexity index is 1040. The second-order valence-corrected chi connectivity index (χ2v) is 9.45. The Morgan fingerprint density at radius 1 is 1.15 bits per heavy atom. The van der Waals surface area contributed by atoms with Crippen molar-refractivity contribution in [2.75, 3.05) is 5.75 Å². The van der Waals surface area contributed by atoms with Gasteiger partial charge < -0.3 is 0 Å². The molecule has 142 valence electrons. The molecule has 0 spiro atoms. The lowest BCUT2D eigenvalue weighted by atomic mass is 10.1. The van der Waals surface area contributed by atoms with Crippen LogP contribution >= 0.6 is 23.4 Å². The average molecular weight is 427 g/mol. The van der Waals surface area contributed by atoms with Gasteiger partial charge in [-0.1, -0.05) is 41.6 Å². The number of nitrogens with one attached hydrogen (secondary N) is 1. The topological polar surface area (TPSA) is 88.6 Å². The molecule has 0 saturated carbocycles. The Morgan fingerprint density at radius 2 is 1.96 bits per heavy atom. The van der Waals surface area contributed by atoms with Gasteiger partial charge in [-0.05, 0) is 42.3 Å². The van der Waals surface area contributed by atoms with Gasteiger partial charge in [0.2, 0.25) is 0 Å². The van der Waals surface area contributed by atoms with Crippen LogP contribution in [0.15, 0.2) is 51.1 Å². The predicted molar refractivity (Wildman–Crippen MR) is 101 cm³/mol. The van der Waals surface area contributed by atoms with Crippen molar-refractivity contribution in [3.05, 3.63) is 58.6 Å². The van der Waals surface area contributed by atoms with E-state index < -0.39 is 9.84 Å². The van der Waals surface area contributed by atoms with E-state index >= 15 is 0 Å². The van der Waals surface area contributed by atoms with E-state index in [0.717, 1.165) is 5.56 Å². The van der Waals surface area contributed by atoms with E-state index in [9.17, 15) is 12.8 Å². The monoisotopic (exact) mass is 426 g/mol. The molecule has 0 atom stereocenters. The highest BCUT2D eigenvalue weighted by atomic mass is 35.5. The van der Waals surface area contributed by atoms with Gasteiger partial charge >= 0.3 is 0 Å². The van der Waals surface area contributed by atoms with E-state index in [4.69, 9.17) is 11.6 Å². The molecule has 0 aliphatic rings. The zero-order valence-electron chi connectivity index (χ0n) is 14.3. The molecule has 0 radical (unpaired) electrons. The number of rotatable bonds is 7. The normalized spacial score (nSPS) is 11.7. The third-order valence-corrected chi connectivity index (χ3v) is 7.23. The SMILES string of the molecule is CCS(=O)(=O)c1ccc(Sc2cc(F)ccc2CCc2nn[nH]n2)c(Cl)c1. The third kappa shape index (κ3) is 4.85. The smallest absolute Gasteiger partial charge is 0.178 e. The summed E-state index contributed by atoms with van der Waals surface area (Å²) in [5.74, 6) is 0.212. The molecule has 2 aromatic carbocycles. The van der Waals surface area contributed by atoms with Crippen LogP contribution in [0.3, 0.4) is 0 Å². The molecule has 0 aliphatic carbocycles. The Hall–Kier alpha value is -1.97. The minimum atomic E-state index is -3.34. The van der Waals surface area contributed by atoms with E-state index in [-0.39, 0.29) is 16.5 Å². The second-order valence-electron chi connectivity index (χ2n) is 5.68. The van der Waals surface area contributed by atoms with Crippen molar-refractivity contribution in [3.8, 4) is 0 Å². The summed E-state index contributed by atoms with van der Waals surface area (Å²) in [4.78, 5) is 1.53. The maximum Gasteiger partial charge on any atom is 0.178 e. The summed E-state index contributed by atoms with van der Waals surface area (Å²) in [5, 5.41) is 14.0. The van der Waals surface area contributed by atoms with Crippen molar-refractivity contribution >= 4 is 33.2 Å². The lowest BCUT2D eigenvalue weighted by Gasteiger charge is -2.11. The first-order valence-electron chi connectivity index (χ1n) is 8.10. The van der Waals surface area contributed by atoms with E-state index in [1.165, 1.54) is 36.0 Å².